The normalized spacial score (nSPS) is 15.2. The Hall–Kier alpha value is -1.06. The summed E-state index contributed by atoms with van der Waals surface area (Å²) in [6, 6.07) is 9.01. The number of nitrogen functional groups attached to an aromatic ring is 1. The number of hydrogen-bond donors (Lipinski definition) is 1. The second kappa shape index (κ2) is 6.76. The molecule has 3 nitrogen and oxygen atoms in total. The highest BCUT2D eigenvalue weighted by molar-refractivity contribution is 5.40. The van der Waals surface area contributed by atoms with E-state index in [1.807, 2.05) is 19.1 Å². The molecule has 1 aliphatic carbocycles. The predicted molar refractivity (Wildman–Crippen MR) is 75.4 cm³/mol. The van der Waals surface area contributed by atoms with Crippen molar-refractivity contribution in [3.63, 3.8) is 0 Å². The smallest absolute Gasteiger partial charge is 0.0478 e. The average Bonchev–Trinajstić information content (AvgIpc) is 3.17. The number of nitrogens with zero attached hydrogens (tertiary/aromatic N) is 1. The minimum Gasteiger partial charge on any atom is -0.399 e. The zero-order chi connectivity index (χ0) is 12.8. The lowest BCUT2D eigenvalue weighted by Crippen LogP contribution is -2.27. The molecule has 0 saturated heterocycles. The van der Waals surface area contributed by atoms with Crippen LogP contribution in [0, 0.1) is 0 Å². The van der Waals surface area contributed by atoms with Crippen LogP contribution in [0.5, 0.6) is 0 Å². The van der Waals surface area contributed by atoms with Gasteiger partial charge in [-0.15, -0.1) is 0 Å². The van der Waals surface area contributed by atoms with Crippen LogP contribution in [-0.2, 0) is 11.3 Å². The number of rotatable bonds is 8. The molecule has 1 aromatic rings. The summed E-state index contributed by atoms with van der Waals surface area (Å²) in [5.74, 6) is 0. The third-order valence-corrected chi connectivity index (χ3v) is 3.34. The van der Waals surface area contributed by atoms with Gasteiger partial charge in [-0.3, -0.25) is 4.90 Å². The van der Waals surface area contributed by atoms with Crippen molar-refractivity contribution < 1.29 is 4.74 Å². The quantitative estimate of drug-likeness (QED) is 0.568. The topological polar surface area (TPSA) is 38.5 Å². The molecule has 100 valence electrons. The molecule has 0 amide bonds. The summed E-state index contributed by atoms with van der Waals surface area (Å²) in [7, 11) is 0. The highest BCUT2D eigenvalue weighted by atomic mass is 16.5. The number of hydrogen-bond acceptors (Lipinski definition) is 3. The predicted octanol–water partition coefficient (Wildman–Crippen LogP) is 2.66. The van der Waals surface area contributed by atoms with E-state index in [0.29, 0.717) is 0 Å². The summed E-state index contributed by atoms with van der Waals surface area (Å²) in [6.07, 6.45) is 3.81. The summed E-state index contributed by atoms with van der Waals surface area (Å²) in [5.41, 5.74) is 8.00. The molecule has 2 N–H and O–H groups in total. The Morgan fingerprint density at radius 2 is 2.22 bits per heavy atom. The second-order valence-electron chi connectivity index (χ2n) is 5.00. The largest absolute Gasteiger partial charge is 0.399 e. The van der Waals surface area contributed by atoms with Crippen molar-refractivity contribution in [3.05, 3.63) is 29.8 Å². The van der Waals surface area contributed by atoms with Crippen molar-refractivity contribution in [2.45, 2.75) is 38.8 Å². The van der Waals surface area contributed by atoms with E-state index in [4.69, 9.17) is 10.5 Å². The van der Waals surface area contributed by atoms with E-state index in [1.165, 1.54) is 18.4 Å². The summed E-state index contributed by atoms with van der Waals surface area (Å²) >= 11 is 0. The molecule has 1 fully saturated rings. The third-order valence-electron chi connectivity index (χ3n) is 3.34. The molecule has 2 rings (SSSR count). The van der Waals surface area contributed by atoms with Crippen molar-refractivity contribution in [3.8, 4) is 0 Å². The van der Waals surface area contributed by atoms with Gasteiger partial charge < -0.3 is 10.5 Å². The van der Waals surface area contributed by atoms with Crippen LogP contribution in [0.2, 0.25) is 0 Å². The number of anilines is 1. The van der Waals surface area contributed by atoms with Crippen LogP contribution in [-0.4, -0.2) is 30.7 Å². The van der Waals surface area contributed by atoms with Gasteiger partial charge in [0.2, 0.25) is 0 Å². The summed E-state index contributed by atoms with van der Waals surface area (Å²) < 4.78 is 5.41. The van der Waals surface area contributed by atoms with E-state index >= 15 is 0 Å². The van der Waals surface area contributed by atoms with Crippen LogP contribution in [0.4, 0.5) is 5.69 Å². The van der Waals surface area contributed by atoms with Gasteiger partial charge in [0, 0.05) is 38.0 Å². The molecule has 0 spiro atoms. The summed E-state index contributed by atoms with van der Waals surface area (Å²) in [5, 5.41) is 0. The molecule has 1 aliphatic rings. The first-order valence-electron chi connectivity index (χ1n) is 6.96. The molecule has 18 heavy (non-hydrogen) atoms. The fourth-order valence-corrected chi connectivity index (χ4v) is 2.27. The van der Waals surface area contributed by atoms with Crippen molar-refractivity contribution in [2.24, 2.45) is 0 Å². The van der Waals surface area contributed by atoms with E-state index in [0.717, 1.165) is 44.5 Å². The fraction of sp³-hybridized carbons (Fsp3) is 0.600. The van der Waals surface area contributed by atoms with Crippen molar-refractivity contribution in [1.82, 2.24) is 4.90 Å². The van der Waals surface area contributed by atoms with E-state index in [2.05, 4.69) is 17.0 Å². The molecule has 0 aliphatic heterocycles. The van der Waals surface area contributed by atoms with Gasteiger partial charge in [-0.25, -0.2) is 0 Å². The van der Waals surface area contributed by atoms with Crippen LogP contribution in [0.1, 0.15) is 31.7 Å². The zero-order valence-electron chi connectivity index (χ0n) is 11.3. The first kappa shape index (κ1) is 13.4. The van der Waals surface area contributed by atoms with Crippen molar-refractivity contribution in [1.29, 1.82) is 0 Å². The van der Waals surface area contributed by atoms with Gasteiger partial charge in [-0.1, -0.05) is 12.1 Å². The van der Waals surface area contributed by atoms with Gasteiger partial charge in [0.25, 0.3) is 0 Å². The number of benzene rings is 1. The van der Waals surface area contributed by atoms with E-state index in [-0.39, 0.29) is 0 Å². The van der Waals surface area contributed by atoms with Gasteiger partial charge in [-0.2, -0.15) is 0 Å². The van der Waals surface area contributed by atoms with Crippen LogP contribution in [0.25, 0.3) is 0 Å². The summed E-state index contributed by atoms with van der Waals surface area (Å²) in [6.45, 7) is 5.88. The molecular weight excluding hydrogens is 224 g/mol. The van der Waals surface area contributed by atoms with Gasteiger partial charge >= 0.3 is 0 Å². The fourth-order valence-electron chi connectivity index (χ4n) is 2.27. The van der Waals surface area contributed by atoms with E-state index < -0.39 is 0 Å². The Morgan fingerprint density at radius 1 is 1.39 bits per heavy atom. The van der Waals surface area contributed by atoms with E-state index in [1.54, 1.807) is 0 Å². The van der Waals surface area contributed by atoms with Crippen molar-refractivity contribution in [2.75, 3.05) is 25.5 Å². The third kappa shape index (κ3) is 4.31. The Bertz CT molecular complexity index is 363. The van der Waals surface area contributed by atoms with Gasteiger partial charge in [0.05, 0.1) is 0 Å². The van der Waals surface area contributed by atoms with Gasteiger partial charge in [-0.05, 0) is 43.9 Å². The lowest BCUT2D eigenvalue weighted by atomic mass is 10.2. The molecule has 0 radical (unpaired) electrons. The minimum atomic E-state index is 0.785. The van der Waals surface area contributed by atoms with E-state index in [9.17, 15) is 0 Å². The number of nitrogens with two attached hydrogens (primary N) is 1. The highest BCUT2D eigenvalue weighted by Gasteiger charge is 2.28. The molecule has 3 heteroatoms. The first-order valence-corrected chi connectivity index (χ1v) is 6.96. The minimum absolute atomic E-state index is 0.785. The molecule has 1 aromatic carbocycles. The van der Waals surface area contributed by atoms with Crippen LogP contribution in [0.3, 0.4) is 0 Å². The Labute approximate surface area is 110 Å². The molecule has 0 atom stereocenters. The zero-order valence-corrected chi connectivity index (χ0v) is 11.3. The maximum Gasteiger partial charge on any atom is 0.0478 e. The molecule has 0 heterocycles. The molecule has 0 aromatic heterocycles. The lowest BCUT2D eigenvalue weighted by Gasteiger charge is -2.22. The molecular formula is C15H24N2O. The molecule has 0 bridgehead atoms. The van der Waals surface area contributed by atoms with Gasteiger partial charge in [0.15, 0.2) is 0 Å². The van der Waals surface area contributed by atoms with Gasteiger partial charge in [0.1, 0.15) is 0 Å². The second-order valence-corrected chi connectivity index (χ2v) is 5.00. The number of ether oxygens (including phenoxy) is 1. The maximum atomic E-state index is 5.83. The maximum absolute atomic E-state index is 5.83. The SMILES string of the molecule is CCOCCCN(Cc1cccc(N)c1)C1CC1. The van der Waals surface area contributed by atoms with Crippen LogP contribution >= 0.6 is 0 Å². The van der Waals surface area contributed by atoms with Crippen LogP contribution in [0.15, 0.2) is 24.3 Å². The molecule has 1 saturated carbocycles. The standard InChI is InChI=1S/C15H24N2O/c1-2-18-10-4-9-17(15-7-8-15)12-13-5-3-6-14(16)11-13/h3,5-6,11,15H,2,4,7-10,12,16H2,1H3. The highest BCUT2D eigenvalue weighted by Crippen LogP contribution is 2.28. The Morgan fingerprint density at radius 3 is 2.89 bits per heavy atom. The van der Waals surface area contributed by atoms with Crippen molar-refractivity contribution >= 4 is 5.69 Å². The Balaban J connectivity index is 1.82. The Kier molecular flexibility index (Phi) is 5.02. The molecule has 0 unspecified atom stereocenters. The summed E-state index contributed by atoms with van der Waals surface area (Å²) in [4.78, 5) is 2.56. The van der Waals surface area contributed by atoms with Crippen LogP contribution < -0.4 is 5.73 Å². The average molecular weight is 248 g/mol. The monoisotopic (exact) mass is 248 g/mol. The lowest BCUT2D eigenvalue weighted by molar-refractivity contribution is 0.129. The first-order chi connectivity index (χ1) is 8.79.